The number of ether oxygens (including phenoxy) is 1. The van der Waals surface area contributed by atoms with Gasteiger partial charge in [-0.2, -0.15) is 0 Å². The molecule has 5 heteroatoms. The van der Waals surface area contributed by atoms with Gasteiger partial charge in [0.15, 0.2) is 0 Å². The monoisotopic (exact) mass is 563 g/mol. The zero-order chi connectivity index (χ0) is 27.7. The number of hydrogen-bond donors (Lipinski definition) is 0. The Morgan fingerprint density at radius 3 is 1.55 bits per heavy atom. The maximum atomic E-state index is 7.27. The van der Waals surface area contributed by atoms with Gasteiger partial charge in [0.1, 0.15) is 11.9 Å². The first-order valence-corrected chi connectivity index (χ1v) is 16.1. The van der Waals surface area contributed by atoms with E-state index in [9.17, 15) is 0 Å². The van der Waals surface area contributed by atoms with Crippen LogP contribution in [0.1, 0.15) is 18.6 Å². The topological polar surface area (TPSA) is 21.7 Å². The lowest BCUT2D eigenvalue weighted by molar-refractivity contribution is 0.154. The molecule has 0 saturated carbocycles. The van der Waals surface area contributed by atoms with Crippen molar-refractivity contribution in [1.29, 1.82) is 0 Å². The number of benzene rings is 5. The van der Waals surface area contributed by atoms with Gasteiger partial charge in [-0.15, -0.1) is 0 Å². The van der Waals surface area contributed by atoms with Crippen molar-refractivity contribution < 1.29 is 9.26 Å². The maximum absolute atomic E-state index is 7.27. The van der Waals surface area contributed by atoms with E-state index >= 15 is 0 Å². The third-order valence-corrected chi connectivity index (χ3v) is 11.6. The van der Waals surface area contributed by atoms with Gasteiger partial charge in [-0.05, 0) is 37.0 Å². The molecule has 0 amide bonds. The van der Waals surface area contributed by atoms with Gasteiger partial charge in [0.25, 0.3) is 0 Å². The third kappa shape index (κ3) is 6.52. The average Bonchev–Trinajstić information content (AvgIpc) is 3.03. The van der Waals surface area contributed by atoms with Crippen LogP contribution in [0.4, 0.5) is 0 Å². The lowest BCUT2D eigenvalue weighted by Crippen LogP contribution is -2.37. The highest BCUT2D eigenvalue weighted by molar-refractivity contribution is 7.71. The lowest BCUT2D eigenvalue weighted by atomic mass is 10.0. The quantitative estimate of drug-likeness (QED) is 0.159. The standard InChI is InChI=1S/C35H35NO2P2/c1-28(36(2)39(30-20-10-5-11-21-30)34-27-17-16-26-33(34)37-3)35(29-18-8-4-9-19-29)38-40(31-22-12-6-13-23-31)32-24-14-7-15-25-32/h4-28,35H,1-3H3/t28-,35-,39?/m1/s1. The summed E-state index contributed by atoms with van der Waals surface area (Å²) in [7, 11) is 2.03. The first-order chi connectivity index (χ1) is 19.7. The Balaban J connectivity index is 1.58. The molecule has 0 N–H and O–H groups in total. The molecule has 202 valence electrons. The van der Waals surface area contributed by atoms with Crippen LogP contribution < -0.4 is 26.0 Å². The first-order valence-electron chi connectivity index (χ1n) is 13.5. The van der Waals surface area contributed by atoms with Crippen LogP contribution >= 0.6 is 16.2 Å². The van der Waals surface area contributed by atoms with Crippen LogP contribution in [0.25, 0.3) is 0 Å². The second kappa shape index (κ2) is 13.8. The Kier molecular flexibility index (Phi) is 9.76. The largest absolute Gasteiger partial charge is 0.496 e. The molecular formula is C35H35NO2P2. The lowest BCUT2D eigenvalue weighted by Gasteiger charge is -2.39. The molecule has 0 aliphatic rings. The smallest absolute Gasteiger partial charge is 0.128 e. The predicted molar refractivity (Wildman–Crippen MR) is 172 cm³/mol. The fourth-order valence-electron chi connectivity index (χ4n) is 4.82. The highest BCUT2D eigenvalue weighted by atomic mass is 31.1. The molecule has 3 nitrogen and oxygen atoms in total. The number of hydrogen-bond acceptors (Lipinski definition) is 3. The number of nitrogens with zero attached hydrogens (tertiary/aromatic N) is 1. The Morgan fingerprint density at radius 1 is 0.575 bits per heavy atom. The maximum Gasteiger partial charge on any atom is 0.128 e. The molecule has 1 unspecified atom stereocenters. The summed E-state index contributed by atoms with van der Waals surface area (Å²) in [5.41, 5.74) is 1.17. The van der Waals surface area contributed by atoms with Crippen LogP contribution in [0.2, 0.25) is 0 Å². The van der Waals surface area contributed by atoms with Crippen LogP contribution in [0.3, 0.4) is 0 Å². The summed E-state index contributed by atoms with van der Waals surface area (Å²) in [6.07, 6.45) is -0.166. The number of para-hydroxylation sites is 1. The molecule has 5 aromatic carbocycles. The molecule has 0 aliphatic carbocycles. The van der Waals surface area contributed by atoms with Crippen molar-refractivity contribution in [1.82, 2.24) is 4.67 Å². The summed E-state index contributed by atoms with van der Waals surface area (Å²) in [6, 6.07) is 51.1. The molecule has 0 aromatic heterocycles. The van der Waals surface area contributed by atoms with Crippen molar-refractivity contribution in [2.75, 3.05) is 14.2 Å². The molecule has 0 fully saturated rings. The van der Waals surface area contributed by atoms with Gasteiger partial charge >= 0.3 is 0 Å². The molecule has 3 atom stereocenters. The summed E-state index contributed by atoms with van der Waals surface area (Å²) < 4.78 is 15.6. The van der Waals surface area contributed by atoms with Crippen LogP contribution in [-0.4, -0.2) is 24.9 Å². The van der Waals surface area contributed by atoms with Crippen LogP contribution in [0.5, 0.6) is 5.75 Å². The van der Waals surface area contributed by atoms with Crippen molar-refractivity contribution >= 4 is 37.4 Å². The summed E-state index contributed by atoms with van der Waals surface area (Å²) in [5, 5.41) is 4.88. The van der Waals surface area contributed by atoms with E-state index in [4.69, 9.17) is 9.26 Å². The van der Waals surface area contributed by atoms with Gasteiger partial charge in [0.05, 0.1) is 15.3 Å². The molecule has 5 rings (SSSR count). The summed E-state index contributed by atoms with van der Waals surface area (Å²) in [6.45, 7) is 2.29. The van der Waals surface area contributed by atoms with E-state index in [1.54, 1.807) is 7.11 Å². The fourth-order valence-corrected chi connectivity index (χ4v) is 9.30. The van der Waals surface area contributed by atoms with Crippen LogP contribution in [0.15, 0.2) is 146 Å². The van der Waals surface area contributed by atoms with Gasteiger partial charge in [0.2, 0.25) is 0 Å². The zero-order valence-corrected chi connectivity index (χ0v) is 25.0. The normalized spacial score (nSPS) is 13.6. The van der Waals surface area contributed by atoms with E-state index in [0.29, 0.717) is 0 Å². The molecule has 0 heterocycles. The van der Waals surface area contributed by atoms with Crippen molar-refractivity contribution in [2.45, 2.75) is 19.1 Å². The molecule has 40 heavy (non-hydrogen) atoms. The molecule has 0 radical (unpaired) electrons. The van der Waals surface area contributed by atoms with Crippen LogP contribution in [0, 0.1) is 0 Å². The molecule has 0 bridgehead atoms. The minimum Gasteiger partial charge on any atom is -0.496 e. The minimum absolute atomic E-state index is 0.0519. The summed E-state index contributed by atoms with van der Waals surface area (Å²) in [4.78, 5) is 0. The number of likely N-dealkylation sites (N-methyl/N-ethyl adjacent to an activating group) is 1. The van der Waals surface area contributed by atoms with E-state index < -0.39 is 16.2 Å². The van der Waals surface area contributed by atoms with Crippen molar-refractivity contribution in [3.05, 3.63) is 151 Å². The molecule has 0 spiro atoms. The molecule has 0 saturated heterocycles. The van der Waals surface area contributed by atoms with Gasteiger partial charge in [0, 0.05) is 30.0 Å². The second-order valence-electron chi connectivity index (χ2n) is 9.54. The average molecular weight is 564 g/mol. The van der Waals surface area contributed by atoms with E-state index in [1.807, 2.05) is 6.07 Å². The minimum atomic E-state index is -1.05. The predicted octanol–water partition coefficient (Wildman–Crippen LogP) is 7.17. The molecular weight excluding hydrogens is 528 g/mol. The Hall–Kier alpha value is -3.32. The van der Waals surface area contributed by atoms with Gasteiger partial charge < -0.3 is 9.26 Å². The Morgan fingerprint density at radius 2 is 1.02 bits per heavy atom. The highest BCUT2D eigenvalue weighted by Gasteiger charge is 2.34. The Labute approximate surface area is 241 Å². The van der Waals surface area contributed by atoms with Gasteiger partial charge in [-0.1, -0.05) is 133 Å². The van der Waals surface area contributed by atoms with Gasteiger partial charge in [-0.25, -0.2) is 0 Å². The highest BCUT2D eigenvalue weighted by Crippen LogP contribution is 2.48. The number of rotatable bonds is 11. The summed E-state index contributed by atoms with van der Waals surface area (Å²) in [5.74, 6) is 0.907. The second-order valence-corrected chi connectivity index (χ2v) is 13.6. The summed E-state index contributed by atoms with van der Waals surface area (Å²) >= 11 is 0. The first kappa shape index (κ1) is 28.2. The zero-order valence-electron chi connectivity index (χ0n) is 23.2. The number of methoxy groups -OCH3 is 1. The van der Waals surface area contributed by atoms with E-state index in [-0.39, 0.29) is 12.1 Å². The SMILES string of the molecule is COc1ccccc1P(c1ccccc1)N(C)[C@H](C)[C@@H](OP(c1ccccc1)c1ccccc1)c1ccccc1. The Bertz CT molecular complexity index is 1410. The van der Waals surface area contributed by atoms with Crippen molar-refractivity contribution in [2.24, 2.45) is 0 Å². The fraction of sp³-hybridized carbons (Fsp3) is 0.143. The van der Waals surface area contributed by atoms with E-state index in [0.717, 1.165) is 5.75 Å². The third-order valence-electron chi connectivity index (χ3n) is 6.99. The van der Waals surface area contributed by atoms with E-state index in [2.05, 4.69) is 158 Å². The molecule has 0 aliphatic heterocycles. The van der Waals surface area contributed by atoms with E-state index in [1.165, 1.54) is 26.8 Å². The van der Waals surface area contributed by atoms with Crippen LogP contribution in [-0.2, 0) is 4.52 Å². The van der Waals surface area contributed by atoms with Crippen molar-refractivity contribution in [3.8, 4) is 5.75 Å². The van der Waals surface area contributed by atoms with Crippen molar-refractivity contribution in [3.63, 3.8) is 0 Å². The molecule has 5 aromatic rings. The van der Waals surface area contributed by atoms with Gasteiger partial charge in [-0.3, -0.25) is 4.67 Å².